The average Bonchev–Trinajstić information content (AvgIpc) is 3.10. The first-order valence-electron chi connectivity index (χ1n) is 6.20. The second kappa shape index (κ2) is 9.58. The quantitative estimate of drug-likeness (QED) is 0.441. The minimum Gasteiger partial charge on any atom is -0.358 e. The van der Waals surface area contributed by atoms with Crippen LogP contribution in [0.2, 0.25) is 0 Å². The molecular formula is C20H20Zr. The van der Waals surface area contributed by atoms with Crippen molar-refractivity contribution in [3.05, 3.63) is 93.8 Å². The SMILES string of the molecule is [C-]1=CC=CC1.[CH3-].[CH3-].[Zr+4].c1ccc2c(c1)[cH-]c1ccccc12. The first-order chi connectivity index (χ1) is 8.95. The molecule has 0 spiro atoms. The molecule has 0 amide bonds. The van der Waals surface area contributed by atoms with Gasteiger partial charge in [0.1, 0.15) is 0 Å². The fraction of sp³-hybridized carbons (Fsp3) is 0.0500. The molecule has 0 radical (unpaired) electrons. The van der Waals surface area contributed by atoms with Gasteiger partial charge >= 0.3 is 26.2 Å². The second-order valence-electron chi connectivity index (χ2n) is 4.32. The van der Waals surface area contributed by atoms with E-state index >= 15 is 0 Å². The molecule has 0 aromatic heterocycles. The van der Waals surface area contributed by atoms with E-state index in [2.05, 4.69) is 66.7 Å². The van der Waals surface area contributed by atoms with Crippen LogP contribution in [0.3, 0.4) is 0 Å². The van der Waals surface area contributed by atoms with Crippen LogP contribution in [0, 0.1) is 20.9 Å². The molecule has 1 heteroatoms. The van der Waals surface area contributed by atoms with Crippen molar-refractivity contribution >= 4 is 21.5 Å². The van der Waals surface area contributed by atoms with E-state index in [-0.39, 0.29) is 41.1 Å². The van der Waals surface area contributed by atoms with Crippen molar-refractivity contribution in [2.75, 3.05) is 0 Å². The summed E-state index contributed by atoms with van der Waals surface area (Å²) in [5.74, 6) is 0. The summed E-state index contributed by atoms with van der Waals surface area (Å²) in [6.07, 6.45) is 10.0. The van der Waals surface area contributed by atoms with Gasteiger partial charge in [-0.15, -0.1) is 46.2 Å². The average molecular weight is 352 g/mol. The maximum atomic E-state index is 2.99. The standard InChI is InChI=1S/C13H9.C5H5.2CH3.Zr/c1-3-7-12-10(5-1)9-11-6-2-4-8-13(11)12;1-2-4-5-3-1;;;/h1-9H;1-3H,4H2;2*1H3;/q4*-1;+4. The molecule has 21 heavy (non-hydrogen) atoms. The van der Waals surface area contributed by atoms with Crippen molar-refractivity contribution in [1.29, 1.82) is 0 Å². The van der Waals surface area contributed by atoms with Crippen molar-refractivity contribution in [1.82, 2.24) is 0 Å². The van der Waals surface area contributed by atoms with Gasteiger partial charge in [-0.3, -0.25) is 6.08 Å². The molecule has 0 saturated carbocycles. The van der Waals surface area contributed by atoms with Gasteiger partial charge in [0, 0.05) is 0 Å². The molecule has 1 aliphatic carbocycles. The monoisotopic (exact) mass is 350 g/mol. The first kappa shape index (κ1) is 19.7. The van der Waals surface area contributed by atoms with Crippen LogP contribution in [0.4, 0.5) is 0 Å². The van der Waals surface area contributed by atoms with E-state index < -0.39 is 0 Å². The molecule has 0 fully saturated rings. The fourth-order valence-corrected chi connectivity index (χ4v) is 2.24. The van der Waals surface area contributed by atoms with Crippen molar-refractivity contribution in [3.8, 4) is 0 Å². The Morgan fingerprint density at radius 2 is 1.33 bits per heavy atom. The first-order valence-corrected chi connectivity index (χ1v) is 6.20. The molecule has 0 unspecified atom stereocenters. The topological polar surface area (TPSA) is 0 Å². The molecule has 0 heterocycles. The zero-order valence-electron chi connectivity index (χ0n) is 12.6. The van der Waals surface area contributed by atoms with E-state index in [1.54, 1.807) is 0 Å². The van der Waals surface area contributed by atoms with E-state index in [0.717, 1.165) is 6.42 Å². The molecular weight excluding hydrogens is 331 g/mol. The van der Waals surface area contributed by atoms with E-state index in [0.29, 0.717) is 0 Å². The van der Waals surface area contributed by atoms with Crippen molar-refractivity contribution in [2.24, 2.45) is 0 Å². The van der Waals surface area contributed by atoms with E-state index in [1.807, 2.05) is 12.2 Å². The molecule has 4 rings (SSSR count). The van der Waals surface area contributed by atoms with Gasteiger partial charge < -0.3 is 14.9 Å². The Bertz CT molecular complexity index is 656. The van der Waals surface area contributed by atoms with Crippen LogP contribution in [0.1, 0.15) is 6.42 Å². The maximum Gasteiger partial charge on any atom is 4.00 e. The summed E-state index contributed by atoms with van der Waals surface area (Å²) in [7, 11) is 0. The van der Waals surface area contributed by atoms with Crippen LogP contribution in [-0.4, -0.2) is 0 Å². The number of allylic oxidation sites excluding steroid dienone is 4. The van der Waals surface area contributed by atoms with Gasteiger partial charge in [0.25, 0.3) is 0 Å². The van der Waals surface area contributed by atoms with Gasteiger partial charge in [-0.05, 0) is 0 Å². The fourth-order valence-electron chi connectivity index (χ4n) is 2.24. The summed E-state index contributed by atoms with van der Waals surface area (Å²) in [6.45, 7) is 0. The number of hydrogen-bond acceptors (Lipinski definition) is 0. The van der Waals surface area contributed by atoms with Crippen LogP contribution in [0.25, 0.3) is 21.5 Å². The Morgan fingerprint density at radius 3 is 1.71 bits per heavy atom. The zero-order valence-corrected chi connectivity index (χ0v) is 15.1. The smallest absolute Gasteiger partial charge is 0.358 e. The summed E-state index contributed by atoms with van der Waals surface area (Å²) < 4.78 is 0. The molecule has 3 aromatic carbocycles. The Hall–Kier alpha value is -1.33. The summed E-state index contributed by atoms with van der Waals surface area (Å²) in [5.41, 5.74) is 0. The van der Waals surface area contributed by atoms with Crippen LogP contribution in [-0.2, 0) is 26.2 Å². The predicted molar refractivity (Wildman–Crippen MR) is 91.4 cm³/mol. The molecule has 1 aliphatic rings. The summed E-state index contributed by atoms with van der Waals surface area (Å²) >= 11 is 0. The summed E-state index contributed by atoms with van der Waals surface area (Å²) in [6, 6.07) is 19.3. The molecule has 104 valence electrons. The maximum absolute atomic E-state index is 2.99. The van der Waals surface area contributed by atoms with Crippen molar-refractivity contribution in [2.45, 2.75) is 6.42 Å². The van der Waals surface area contributed by atoms with Gasteiger partial charge in [-0.25, -0.2) is 12.2 Å². The summed E-state index contributed by atoms with van der Waals surface area (Å²) in [5, 5.41) is 5.39. The van der Waals surface area contributed by atoms with Crippen molar-refractivity contribution < 1.29 is 26.2 Å². The molecule has 0 saturated heterocycles. The predicted octanol–water partition coefficient (Wildman–Crippen LogP) is 5.92. The molecule has 0 N–H and O–H groups in total. The van der Waals surface area contributed by atoms with Gasteiger partial charge in [0.05, 0.1) is 0 Å². The van der Waals surface area contributed by atoms with Crippen LogP contribution in [0.15, 0.2) is 72.8 Å². The summed E-state index contributed by atoms with van der Waals surface area (Å²) in [4.78, 5) is 0. The Balaban J connectivity index is 0.000000437. The number of benzene rings is 2. The molecule has 3 aromatic rings. The third-order valence-corrected chi connectivity index (χ3v) is 3.11. The second-order valence-corrected chi connectivity index (χ2v) is 4.32. The molecule has 0 aliphatic heterocycles. The largest absolute Gasteiger partial charge is 4.00 e. The van der Waals surface area contributed by atoms with Crippen LogP contribution in [0.5, 0.6) is 0 Å². The third-order valence-electron chi connectivity index (χ3n) is 3.11. The Labute approximate surface area is 147 Å². The normalized spacial score (nSPS) is 11.0. The molecule has 0 bridgehead atoms. The van der Waals surface area contributed by atoms with E-state index in [1.165, 1.54) is 21.5 Å². The van der Waals surface area contributed by atoms with Gasteiger partial charge in [-0.2, -0.15) is 6.08 Å². The minimum atomic E-state index is 0. The Morgan fingerprint density at radius 1 is 0.810 bits per heavy atom. The number of rotatable bonds is 0. The van der Waals surface area contributed by atoms with E-state index in [4.69, 9.17) is 0 Å². The Kier molecular flexibility index (Phi) is 8.98. The molecule has 0 atom stereocenters. The van der Waals surface area contributed by atoms with Gasteiger partial charge in [-0.1, -0.05) is 36.4 Å². The van der Waals surface area contributed by atoms with Gasteiger partial charge in [0.2, 0.25) is 0 Å². The van der Waals surface area contributed by atoms with E-state index in [9.17, 15) is 0 Å². The van der Waals surface area contributed by atoms with Gasteiger partial charge in [0.15, 0.2) is 0 Å². The number of hydrogen-bond donors (Lipinski definition) is 0. The van der Waals surface area contributed by atoms with Crippen molar-refractivity contribution in [3.63, 3.8) is 0 Å². The van der Waals surface area contributed by atoms with Crippen LogP contribution >= 0.6 is 0 Å². The zero-order chi connectivity index (χ0) is 12.2. The van der Waals surface area contributed by atoms with Crippen LogP contribution < -0.4 is 0 Å². The minimum absolute atomic E-state index is 0. The number of fused-ring (bicyclic) bond motifs is 3. The molecule has 0 nitrogen and oxygen atoms in total. The third kappa shape index (κ3) is 4.58.